The highest BCUT2D eigenvalue weighted by atomic mass is 32.1. The van der Waals surface area contributed by atoms with Gasteiger partial charge in [-0.2, -0.15) is 0 Å². The highest BCUT2D eigenvalue weighted by Gasteiger charge is 2.28. The molecule has 0 atom stereocenters. The summed E-state index contributed by atoms with van der Waals surface area (Å²) < 4.78 is 5.62. The van der Waals surface area contributed by atoms with Crippen molar-refractivity contribution >= 4 is 34.5 Å². The number of nitrogens with one attached hydrogen (secondary N) is 1. The summed E-state index contributed by atoms with van der Waals surface area (Å²) in [6, 6.07) is 21.4. The van der Waals surface area contributed by atoms with Gasteiger partial charge in [0.2, 0.25) is 5.91 Å². The van der Waals surface area contributed by atoms with E-state index in [9.17, 15) is 9.59 Å². The number of aromatic nitrogens is 1. The van der Waals surface area contributed by atoms with E-state index in [1.165, 1.54) is 4.90 Å². The maximum absolute atomic E-state index is 12.8. The second kappa shape index (κ2) is 9.11. The van der Waals surface area contributed by atoms with Crippen LogP contribution in [0.25, 0.3) is 21.8 Å². The minimum Gasteiger partial charge on any atom is -0.482 e. The molecular formula is C27H23N3O3S. The lowest BCUT2D eigenvalue weighted by Gasteiger charge is -2.29. The van der Waals surface area contributed by atoms with Crippen LogP contribution < -0.4 is 15.0 Å². The summed E-state index contributed by atoms with van der Waals surface area (Å²) in [6.07, 6.45) is 0. The number of nitrogens with zero attached hydrogens (tertiary/aromatic N) is 2. The first-order chi connectivity index (χ1) is 16.5. The molecule has 0 bridgehead atoms. The van der Waals surface area contributed by atoms with Crippen LogP contribution >= 0.6 is 11.3 Å². The number of fused-ring (bicyclic) bond motifs is 1. The van der Waals surface area contributed by atoms with Crippen LogP contribution in [-0.4, -0.2) is 29.9 Å². The lowest BCUT2D eigenvalue weighted by Crippen LogP contribution is -2.43. The van der Waals surface area contributed by atoms with Crippen molar-refractivity contribution in [1.82, 2.24) is 4.98 Å². The zero-order chi connectivity index (χ0) is 23.7. The van der Waals surface area contributed by atoms with E-state index in [1.54, 1.807) is 11.3 Å². The van der Waals surface area contributed by atoms with Crippen LogP contribution in [0.4, 0.5) is 11.4 Å². The Morgan fingerprint density at radius 3 is 2.65 bits per heavy atom. The van der Waals surface area contributed by atoms with Crippen molar-refractivity contribution < 1.29 is 14.3 Å². The Labute approximate surface area is 201 Å². The molecule has 1 aliphatic heterocycles. The van der Waals surface area contributed by atoms with Gasteiger partial charge in [0.15, 0.2) is 6.61 Å². The summed E-state index contributed by atoms with van der Waals surface area (Å²) in [6.45, 7) is 3.82. The van der Waals surface area contributed by atoms with Gasteiger partial charge in [0.25, 0.3) is 5.91 Å². The molecule has 2 heterocycles. The van der Waals surface area contributed by atoms with E-state index in [2.05, 4.69) is 5.32 Å². The number of amides is 2. The first-order valence-electron chi connectivity index (χ1n) is 10.9. The largest absolute Gasteiger partial charge is 0.482 e. The quantitative estimate of drug-likeness (QED) is 0.421. The number of aryl methyl sites for hydroxylation is 2. The monoisotopic (exact) mass is 469 g/mol. The van der Waals surface area contributed by atoms with E-state index in [0.29, 0.717) is 17.1 Å². The minimum atomic E-state index is -0.269. The number of benzene rings is 3. The molecule has 0 saturated heterocycles. The Morgan fingerprint density at radius 2 is 1.85 bits per heavy atom. The Morgan fingerprint density at radius 1 is 1.03 bits per heavy atom. The van der Waals surface area contributed by atoms with Crippen LogP contribution in [0.3, 0.4) is 0 Å². The van der Waals surface area contributed by atoms with Gasteiger partial charge in [0.1, 0.15) is 17.3 Å². The van der Waals surface area contributed by atoms with E-state index in [4.69, 9.17) is 9.72 Å². The third kappa shape index (κ3) is 4.43. The van der Waals surface area contributed by atoms with Crippen LogP contribution in [-0.2, 0) is 9.59 Å². The maximum Gasteiger partial charge on any atom is 0.265 e. The second-order valence-corrected chi connectivity index (χ2v) is 9.06. The number of anilines is 2. The molecule has 0 fully saturated rings. The SMILES string of the molecule is Cc1ccc(NC(=O)CN2C(=O)COc3ccc(-c4csc(-c5ccccc5)n4)cc32)cc1C. The lowest BCUT2D eigenvalue weighted by atomic mass is 10.1. The van der Waals surface area contributed by atoms with Crippen LogP contribution in [0.5, 0.6) is 5.75 Å². The summed E-state index contributed by atoms with van der Waals surface area (Å²) in [5, 5.41) is 5.81. The predicted molar refractivity (Wildman–Crippen MR) is 135 cm³/mol. The van der Waals surface area contributed by atoms with Crippen LogP contribution in [0.2, 0.25) is 0 Å². The van der Waals surface area contributed by atoms with E-state index >= 15 is 0 Å². The average molecular weight is 470 g/mol. The van der Waals surface area contributed by atoms with Gasteiger partial charge in [-0.05, 0) is 55.3 Å². The second-order valence-electron chi connectivity index (χ2n) is 8.20. The highest BCUT2D eigenvalue weighted by Crippen LogP contribution is 2.37. The predicted octanol–water partition coefficient (Wildman–Crippen LogP) is 5.46. The Bertz CT molecular complexity index is 1380. The van der Waals surface area contributed by atoms with E-state index in [1.807, 2.05) is 86.0 Å². The van der Waals surface area contributed by atoms with Gasteiger partial charge >= 0.3 is 0 Å². The van der Waals surface area contributed by atoms with Gasteiger partial charge in [0.05, 0.1) is 11.4 Å². The molecule has 1 aromatic heterocycles. The molecule has 3 aromatic carbocycles. The Balaban J connectivity index is 1.39. The van der Waals surface area contributed by atoms with E-state index < -0.39 is 0 Å². The normalized spacial score (nSPS) is 12.8. The molecule has 5 rings (SSSR count). The van der Waals surface area contributed by atoms with Gasteiger partial charge in [-0.25, -0.2) is 4.98 Å². The topological polar surface area (TPSA) is 71.5 Å². The minimum absolute atomic E-state index is 0.0991. The fourth-order valence-electron chi connectivity index (χ4n) is 3.82. The van der Waals surface area contributed by atoms with Crippen molar-refractivity contribution in [3.8, 4) is 27.6 Å². The molecule has 0 aliphatic carbocycles. The molecule has 2 amide bonds. The molecule has 6 nitrogen and oxygen atoms in total. The molecule has 34 heavy (non-hydrogen) atoms. The number of thiazole rings is 1. The number of rotatable bonds is 5. The fraction of sp³-hybridized carbons (Fsp3) is 0.148. The van der Waals surface area contributed by atoms with Gasteiger partial charge in [0, 0.05) is 22.2 Å². The third-order valence-corrected chi connectivity index (χ3v) is 6.71. The third-order valence-electron chi connectivity index (χ3n) is 5.82. The standard InChI is InChI=1S/C27H23N3O3S/c1-17-8-10-21(12-18(17)2)28-25(31)14-30-23-13-20(9-11-24(23)33-15-26(30)32)22-16-34-27(29-22)19-6-4-3-5-7-19/h3-13,16H,14-15H2,1-2H3,(H,28,31). The first-order valence-corrected chi connectivity index (χ1v) is 11.8. The van der Waals surface area contributed by atoms with Crippen molar-refractivity contribution in [2.75, 3.05) is 23.4 Å². The number of hydrogen-bond acceptors (Lipinski definition) is 5. The fourth-order valence-corrected chi connectivity index (χ4v) is 4.65. The van der Waals surface area contributed by atoms with Crippen molar-refractivity contribution in [2.45, 2.75) is 13.8 Å². The van der Waals surface area contributed by atoms with Gasteiger partial charge < -0.3 is 10.1 Å². The molecule has 170 valence electrons. The van der Waals surface area contributed by atoms with Gasteiger partial charge in [-0.1, -0.05) is 36.4 Å². The van der Waals surface area contributed by atoms with Crippen LogP contribution in [0.1, 0.15) is 11.1 Å². The van der Waals surface area contributed by atoms with Gasteiger partial charge in [-0.15, -0.1) is 11.3 Å². The highest BCUT2D eigenvalue weighted by molar-refractivity contribution is 7.13. The smallest absolute Gasteiger partial charge is 0.265 e. The number of ether oxygens (including phenoxy) is 1. The van der Waals surface area contributed by atoms with Crippen molar-refractivity contribution in [3.63, 3.8) is 0 Å². The molecule has 0 radical (unpaired) electrons. The van der Waals surface area contributed by atoms with Crippen LogP contribution in [0.15, 0.2) is 72.1 Å². The van der Waals surface area contributed by atoms with Crippen molar-refractivity contribution in [1.29, 1.82) is 0 Å². The number of carbonyl (C=O) groups excluding carboxylic acids is 2. The van der Waals surface area contributed by atoms with Crippen molar-refractivity contribution in [2.24, 2.45) is 0 Å². The maximum atomic E-state index is 12.8. The Kier molecular flexibility index (Phi) is 5.86. The molecule has 0 saturated carbocycles. The first kappa shape index (κ1) is 21.9. The molecule has 0 spiro atoms. The van der Waals surface area contributed by atoms with E-state index in [-0.39, 0.29) is 25.0 Å². The molecule has 7 heteroatoms. The summed E-state index contributed by atoms with van der Waals surface area (Å²) in [7, 11) is 0. The number of hydrogen-bond donors (Lipinski definition) is 1. The summed E-state index contributed by atoms with van der Waals surface area (Å²) in [5.74, 6) is 0.0406. The molecule has 4 aromatic rings. The molecular weight excluding hydrogens is 446 g/mol. The van der Waals surface area contributed by atoms with Crippen molar-refractivity contribution in [3.05, 3.63) is 83.2 Å². The average Bonchev–Trinajstić information content (AvgIpc) is 3.34. The zero-order valence-corrected chi connectivity index (χ0v) is 19.7. The van der Waals surface area contributed by atoms with Crippen LogP contribution in [0, 0.1) is 13.8 Å². The lowest BCUT2D eigenvalue weighted by molar-refractivity contribution is -0.123. The number of carbonyl (C=O) groups is 2. The molecule has 1 N–H and O–H groups in total. The molecule has 0 unspecified atom stereocenters. The summed E-state index contributed by atoms with van der Waals surface area (Å²) >= 11 is 1.56. The molecule has 1 aliphatic rings. The summed E-state index contributed by atoms with van der Waals surface area (Å²) in [4.78, 5) is 31.7. The Hall–Kier alpha value is -3.97. The van der Waals surface area contributed by atoms with Gasteiger partial charge in [-0.3, -0.25) is 14.5 Å². The summed E-state index contributed by atoms with van der Waals surface area (Å²) in [5.41, 5.74) is 6.24. The van der Waals surface area contributed by atoms with E-state index in [0.717, 1.165) is 33.0 Å². The zero-order valence-electron chi connectivity index (χ0n) is 18.9.